The minimum absolute atomic E-state index is 0.00759. The first-order valence-electron chi connectivity index (χ1n) is 12.4. The van der Waals surface area contributed by atoms with Crippen molar-refractivity contribution < 1.29 is 9.53 Å². The van der Waals surface area contributed by atoms with Gasteiger partial charge in [0.25, 0.3) is 5.91 Å². The Bertz CT molecular complexity index is 1390. The molecule has 37 heavy (non-hydrogen) atoms. The molecule has 2 heterocycles. The molecule has 0 atom stereocenters. The van der Waals surface area contributed by atoms with Crippen molar-refractivity contribution in [2.75, 3.05) is 38.2 Å². The molecule has 1 amide bonds. The van der Waals surface area contributed by atoms with Gasteiger partial charge in [-0.2, -0.15) is 10.4 Å². The highest BCUT2D eigenvalue weighted by Crippen LogP contribution is 2.27. The van der Waals surface area contributed by atoms with Crippen molar-refractivity contribution in [2.45, 2.75) is 13.0 Å². The van der Waals surface area contributed by atoms with E-state index >= 15 is 0 Å². The van der Waals surface area contributed by atoms with E-state index in [4.69, 9.17) is 15.1 Å². The topological polar surface area (TPSA) is 74.4 Å². The quantitative estimate of drug-likeness (QED) is 0.386. The number of rotatable bonds is 6. The molecule has 0 unspecified atom stereocenters. The van der Waals surface area contributed by atoms with Gasteiger partial charge in [-0.1, -0.05) is 30.3 Å². The number of carbonyl (C=O) groups excluding carboxylic acids is 1. The second-order valence-electron chi connectivity index (χ2n) is 9.09. The highest BCUT2D eigenvalue weighted by atomic mass is 16.5. The van der Waals surface area contributed by atoms with Crippen molar-refractivity contribution in [3.63, 3.8) is 0 Å². The summed E-state index contributed by atoms with van der Waals surface area (Å²) in [6, 6.07) is 27.6. The van der Waals surface area contributed by atoms with E-state index in [0.29, 0.717) is 36.5 Å². The first-order chi connectivity index (χ1) is 18.1. The Kier molecular flexibility index (Phi) is 7.18. The maximum Gasteiger partial charge on any atom is 0.257 e. The first-order valence-corrected chi connectivity index (χ1v) is 12.4. The lowest BCUT2D eigenvalue weighted by molar-refractivity contribution is 0.0767. The molecule has 1 aliphatic heterocycles. The Morgan fingerprint density at radius 3 is 2.41 bits per heavy atom. The zero-order valence-corrected chi connectivity index (χ0v) is 20.9. The largest absolute Gasteiger partial charge is 0.497 e. The molecule has 0 N–H and O–H groups in total. The van der Waals surface area contributed by atoms with E-state index in [9.17, 15) is 4.79 Å². The highest BCUT2D eigenvalue weighted by Gasteiger charge is 2.25. The van der Waals surface area contributed by atoms with Crippen LogP contribution in [-0.4, -0.2) is 53.9 Å². The second-order valence-corrected chi connectivity index (χ2v) is 9.09. The molecule has 1 aromatic heterocycles. The van der Waals surface area contributed by atoms with E-state index in [2.05, 4.69) is 23.1 Å². The van der Waals surface area contributed by atoms with Crippen LogP contribution in [0.25, 0.3) is 11.3 Å². The number of carbonyl (C=O) groups is 1. The number of ether oxygens (including phenoxy) is 1. The number of hydrogen-bond donors (Lipinski definition) is 0. The van der Waals surface area contributed by atoms with Crippen LogP contribution in [0, 0.1) is 11.3 Å². The van der Waals surface area contributed by atoms with Crippen LogP contribution in [0.2, 0.25) is 0 Å². The zero-order valence-electron chi connectivity index (χ0n) is 20.9. The molecule has 186 valence electrons. The lowest BCUT2D eigenvalue weighted by atomic mass is 10.1. The summed E-state index contributed by atoms with van der Waals surface area (Å²) >= 11 is 0. The third-order valence-corrected chi connectivity index (χ3v) is 6.69. The van der Waals surface area contributed by atoms with Crippen LogP contribution in [0.4, 0.5) is 5.69 Å². The molecule has 1 aliphatic rings. The number of methoxy groups -OCH3 is 1. The number of benzene rings is 3. The summed E-state index contributed by atoms with van der Waals surface area (Å²) in [6.07, 6.45) is 2.74. The number of nitrogens with zero attached hydrogens (tertiary/aromatic N) is 5. The minimum atomic E-state index is -0.00759. The summed E-state index contributed by atoms with van der Waals surface area (Å²) in [4.78, 5) is 18.1. The van der Waals surface area contributed by atoms with Crippen molar-refractivity contribution in [3.05, 3.63) is 102 Å². The fraction of sp³-hybridized carbons (Fsp3) is 0.233. The van der Waals surface area contributed by atoms with E-state index in [1.807, 2.05) is 82.5 Å². The summed E-state index contributed by atoms with van der Waals surface area (Å²) in [5, 5.41) is 13.9. The van der Waals surface area contributed by atoms with Crippen molar-refractivity contribution in [1.82, 2.24) is 14.7 Å². The molecule has 0 aliphatic carbocycles. The molecule has 0 saturated carbocycles. The van der Waals surface area contributed by atoms with Gasteiger partial charge in [0.05, 0.1) is 30.9 Å². The van der Waals surface area contributed by atoms with Crippen LogP contribution in [0.5, 0.6) is 5.75 Å². The Labute approximate surface area is 217 Å². The van der Waals surface area contributed by atoms with Gasteiger partial charge in [-0.15, -0.1) is 0 Å². The van der Waals surface area contributed by atoms with Crippen molar-refractivity contribution in [3.8, 4) is 23.1 Å². The molecule has 1 fully saturated rings. The number of anilines is 1. The standard InChI is InChI=1S/C30H29N5O2/c1-37-27-14-10-25(11-15-27)29-28(22-35(32-29)21-24-6-3-2-4-7-24)30(36)34-17-5-16-33(18-19-34)26-12-8-23(20-31)9-13-26/h2-4,6-15,22H,5,16-19,21H2,1H3. The van der Waals surface area contributed by atoms with Crippen LogP contribution >= 0.6 is 0 Å². The molecule has 3 aromatic carbocycles. The van der Waals surface area contributed by atoms with Gasteiger partial charge in [-0.05, 0) is 60.5 Å². The van der Waals surface area contributed by atoms with Gasteiger partial charge in [0.2, 0.25) is 0 Å². The van der Waals surface area contributed by atoms with E-state index in [1.165, 1.54) is 0 Å². The SMILES string of the molecule is COc1ccc(-c2nn(Cc3ccccc3)cc2C(=O)N2CCCN(c3ccc(C#N)cc3)CC2)cc1. The van der Waals surface area contributed by atoms with Crippen LogP contribution in [-0.2, 0) is 6.54 Å². The number of amides is 1. The monoisotopic (exact) mass is 491 g/mol. The smallest absolute Gasteiger partial charge is 0.257 e. The van der Waals surface area contributed by atoms with Crippen molar-refractivity contribution in [1.29, 1.82) is 5.26 Å². The Balaban J connectivity index is 1.39. The summed E-state index contributed by atoms with van der Waals surface area (Å²) in [5.41, 5.74) is 5.00. The molecule has 4 aromatic rings. The van der Waals surface area contributed by atoms with E-state index < -0.39 is 0 Å². The normalized spacial score (nSPS) is 13.6. The average molecular weight is 492 g/mol. The number of aromatic nitrogens is 2. The maximum atomic E-state index is 13.9. The Morgan fingerprint density at radius 1 is 0.946 bits per heavy atom. The van der Waals surface area contributed by atoms with Gasteiger partial charge in [0.15, 0.2) is 0 Å². The molecule has 7 nitrogen and oxygen atoms in total. The van der Waals surface area contributed by atoms with Gasteiger partial charge in [0, 0.05) is 43.6 Å². The van der Waals surface area contributed by atoms with Crippen LogP contribution in [0.1, 0.15) is 27.9 Å². The number of nitriles is 1. The van der Waals surface area contributed by atoms with Gasteiger partial charge >= 0.3 is 0 Å². The molecule has 7 heteroatoms. The van der Waals surface area contributed by atoms with Crippen molar-refractivity contribution >= 4 is 11.6 Å². The molecule has 0 bridgehead atoms. The molecular formula is C30H29N5O2. The second kappa shape index (κ2) is 11.0. The molecule has 0 radical (unpaired) electrons. The van der Waals surface area contributed by atoms with Crippen LogP contribution in [0.3, 0.4) is 0 Å². The van der Waals surface area contributed by atoms with Gasteiger partial charge in [-0.25, -0.2) is 0 Å². The lowest BCUT2D eigenvalue weighted by Crippen LogP contribution is -2.35. The molecule has 5 rings (SSSR count). The fourth-order valence-corrected chi connectivity index (χ4v) is 4.69. The van der Waals surface area contributed by atoms with Crippen LogP contribution in [0.15, 0.2) is 85.1 Å². The highest BCUT2D eigenvalue weighted by molar-refractivity contribution is 6.00. The molecule has 0 spiro atoms. The fourth-order valence-electron chi connectivity index (χ4n) is 4.69. The Hall–Kier alpha value is -4.57. The van der Waals surface area contributed by atoms with Gasteiger partial charge in [0.1, 0.15) is 11.4 Å². The third kappa shape index (κ3) is 5.49. The molecular weight excluding hydrogens is 462 g/mol. The third-order valence-electron chi connectivity index (χ3n) is 6.69. The van der Waals surface area contributed by atoms with Crippen LogP contribution < -0.4 is 9.64 Å². The predicted octanol–water partition coefficient (Wildman–Crippen LogP) is 4.83. The van der Waals surface area contributed by atoms with E-state index in [1.54, 1.807) is 7.11 Å². The van der Waals surface area contributed by atoms with E-state index in [0.717, 1.165) is 42.1 Å². The number of hydrogen-bond acceptors (Lipinski definition) is 5. The lowest BCUT2D eigenvalue weighted by Gasteiger charge is -2.23. The average Bonchev–Trinajstić information content (AvgIpc) is 3.21. The summed E-state index contributed by atoms with van der Waals surface area (Å²) in [5.74, 6) is 0.752. The van der Waals surface area contributed by atoms with Gasteiger partial charge < -0.3 is 14.5 Å². The summed E-state index contributed by atoms with van der Waals surface area (Å²) in [7, 11) is 1.64. The van der Waals surface area contributed by atoms with Gasteiger partial charge in [-0.3, -0.25) is 9.48 Å². The predicted molar refractivity (Wildman–Crippen MR) is 144 cm³/mol. The minimum Gasteiger partial charge on any atom is -0.497 e. The molecule has 1 saturated heterocycles. The Morgan fingerprint density at radius 2 is 1.70 bits per heavy atom. The van der Waals surface area contributed by atoms with Crippen molar-refractivity contribution in [2.24, 2.45) is 0 Å². The maximum absolute atomic E-state index is 13.9. The first kappa shape index (κ1) is 24.1. The summed E-state index contributed by atoms with van der Waals surface area (Å²) < 4.78 is 7.16. The van der Waals surface area contributed by atoms with E-state index in [-0.39, 0.29) is 5.91 Å². The zero-order chi connectivity index (χ0) is 25.6. The summed E-state index contributed by atoms with van der Waals surface area (Å²) in [6.45, 7) is 3.47.